The summed E-state index contributed by atoms with van der Waals surface area (Å²) in [4.78, 5) is 26.7. The van der Waals surface area contributed by atoms with Gasteiger partial charge in [-0.25, -0.2) is 0 Å². The molecule has 2 aromatic rings. The van der Waals surface area contributed by atoms with E-state index in [9.17, 15) is 9.59 Å². The molecule has 0 bridgehead atoms. The molecule has 28 heavy (non-hydrogen) atoms. The van der Waals surface area contributed by atoms with E-state index in [1.807, 2.05) is 58.9 Å². The van der Waals surface area contributed by atoms with Gasteiger partial charge in [-0.2, -0.15) is 0 Å². The molecule has 1 aliphatic rings. The molecular formula is C25H29ClO2. The molecule has 0 aromatic heterocycles. The highest BCUT2D eigenvalue weighted by molar-refractivity contribution is 6.30. The minimum Gasteiger partial charge on any atom is -0.298 e. The van der Waals surface area contributed by atoms with Crippen LogP contribution in [0.15, 0.2) is 36.4 Å². The monoisotopic (exact) mass is 396 g/mol. The van der Waals surface area contributed by atoms with E-state index in [1.54, 1.807) is 0 Å². The van der Waals surface area contributed by atoms with Crippen LogP contribution in [-0.4, -0.2) is 11.6 Å². The molecule has 2 nitrogen and oxygen atoms in total. The molecule has 0 amide bonds. The van der Waals surface area contributed by atoms with Gasteiger partial charge in [0.2, 0.25) is 0 Å². The van der Waals surface area contributed by atoms with Gasteiger partial charge in [0.15, 0.2) is 11.6 Å². The van der Waals surface area contributed by atoms with Crippen LogP contribution in [0.5, 0.6) is 0 Å². The van der Waals surface area contributed by atoms with E-state index in [-0.39, 0.29) is 11.6 Å². The fourth-order valence-corrected chi connectivity index (χ4v) is 4.99. The van der Waals surface area contributed by atoms with Crippen LogP contribution in [0.25, 0.3) is 11.1 Å². The largest absolute Gasteiger partial charge is 0.298 e. The van der Waals surface area contributed by atoms with E-state index >= 15 is 0 Å². The van der Waals surface area contributed by atoms with Gasteiger partial charge in [-0.3, -0.25) is 9.59 Å². The summed E-state index contributed by atoms with van der Waals surface area (Å²) in [5.74, 6) is -0.616. The Morgan fingerprint density at radius 1 is 0.964 bits per heavy atom. The van der Waals surface area contributed by atoms with Crippen molar-refractivity contribution in [3.8, 4) is 11.1 Å². The molecule has 0 atom stereocenters. The van der Waals surface area contributed by atoms with Crippen LogP contribution in [0, 0.1) is 17.8 Å². The fourth-order valence-electron chi connectivity index (χ4n) is 4.77. The van der Waals surface area contributed by atoms with Crippen LogP contribution in [0.1, 0.15) is 63.6 Å². The van der Waals surface area contributed by atoms with Gasteiger partial charge >= 0.3 is 0 Å². The highest BCUT2D eigenvalue weighted by Crippen LogP contribution is 2.48. The molecule has 148 valence electrons. The third kappa shape index (κ3) is 3.55. The van der Waals surface area contributed by atoms with Crippen molar-refractivity contribution in [2.45, 2.75) is 60.3 Å². The average molecular weight is 397 g/mol. The summed E-state index contributed by atoms with van der Waals surface area (Å²) >= 11 is 6.12. The van der Waals surface area contributed by atoms with Crippen molar-refractivity contribution in [3.63, 3.8) is 0 Å². The van der Waals surface area contributed by atoms with Crippen molar-refractivity contribution in [1.29, 1.82) is 0 Å². The molecule has 0 aliphatic heterocycles. The number of carbonyl (C=O) groups is 2. The number of aryl methyl sites for hydroxylation is 2. The highest BCUT2D eigenvalue weighted by Gasteiger charge is 2.52. The van der Waals surface area contributed by atoms with Gasteiger partial charge in [-0.1, -0.05) is 64.4 Å². The van der Waals surface area contributed by atoms with E-state index in [0.717, 1.165) is 34.2 Å². The van der Waals surface area contributed by atoms with E-state index in [0.29, 0.717) is 11.4 Å². The summed E-state index contributed by atoms with van der Waals surface area (Å²) in [7, 11) is 0. The molecule has 2 aromatic carbocycles. The van der Waals surface area contributed by atoms with Crippen molar-refractivity contribution >= 4 is 23.2 Å². The first-order chi connectivity index (χ1) is 13.0. The van der Waals surface area contributed by atoms with Gasteiger partial charge in [0, 0.05) is 15.9 Å². The van der Waals surface area contributed by atoms with Crippen LogP contribution < -0.4 is 0 Å². The zero-order valence-electron chi connectivity index (χ0n) is 17.7. The topological polar surface area (TPSA) is 34.1 Å². The molecule has 3 heteroatoms. The SMILES string of the molecule is CCc1ccc(-c2ccc(Cl)cc2C)cc1C1C(=O)C(C)(C)CC(C)(C)C1=O. The Morgan fingerprint density at radius 3 is 2.11 bits per heavy atom. The average Bonchev–Trinajstić information content (AvgIpc) is 2.60. The van der Waals surface area contributed by atoms with Crippen molar-refractivity contribution in [1.82, 2.24) is 0 Å². The minimum absolute atomic E-state index is 0.0384. The minimum atomic E-state index is -0.693. The lowest BCUT2D eigenvalue weighted by Crippen LogP contribution is -2.48. The molecule has 3 rings (SSSR count). The Balaban J connectivity index is 2.19. The predicted molar refractivity (Wildman–Crippen MR) is 116 cm³/mol. The lowest BCUT2D eigenvalue weighted by Gasteiger charge is -2.42. The number of rotatable bonds is 3. The number of benzene rings is 2. The first kappa shape index (κ1) is 20.8. The summed E-state index contributed by atoms with van der Waals surface area (Å²) in [6.45, 7) is 12.0. The maximum atomic E-state index is 13.3. The molecule has 1 fully saturated rings. The molecule has 1 aliphatic carbocycles. The second kappa shape index (κ2) is 7.15. The van der Waals surface area contributed by atoms with Gasteiger partial charge in [0.05, 0.1) is 0 Å². The molecular weight excluding hydrogens is 368 g/mol. The number of hydrogen-bond acceptors (Lipinski definition) is 2. The van der Waals surface area contributed by atoms with E-state index < -0.39 is 16.7 Å². The lowest BCUT2D eigenvalue weighted by atomic mass is 9.58. The standard InChI is InChI=1S/C25H29ClO2/c1-7-16-8-9-17(19-11-10-18(26)12-15(19)2)13-20(16)21-22(27)24(3,4)14-25(5,6)23(21)28/h8-13,21H,7,14H2,1-6H3. The lowest BCUT2D eigenvalue weighted by molar-refractivity contribution is -0.146. The Hall–Kier alpha value is -1.93. The van der Waals surface area contributed by atoms with E-state index in [1.165, 1.54) is 0 Å². The third-order valence-corrected chi connectivity index (χ3v) is 6.31. The predicted octanol–water partition coefficient (Wildman–Crippen LogP) is 6.56. The Bertz CT molecular complexity index is 927. The second-order valence-electron chi connectivity index (χ2n) is 9.33. The van der Waals surface area contributed by atoms with Crippen LogP contribution in [-0.2, 0) is 16.0 Å². The molecule has 0 saturated heterocycles. The summed E-state index contributed by atoms with van der Waals surface area (Å²) in [6.07, 6.45) is 1.37. The zero-order valence-corrected chi connectivity index (χ0v) is 18.4. The summed E-state index contributed by atoms with van der Waals surface area (Å²) in [5, 5.41) is 0.702. The first-order valence-electron chi connectivity index (χ1n) is 9.96. The number of hydrogen-bond donors (Lipinski definition) is 0. The normalized spacial score (nSPS) is 19.1. The number of ketones is 2. The smallest absolute Gasteiger partial charge is 0.153 e. The number of Topliss-reactive ketones (excluding diaryl/α,β-unsaturated/α-hetero) is 2. The molecule has 0 heterocycles. The second-order valence-corrected chi connectivity index (χ2v) is 9.77. The molecule has 1 saturated carbocycles. The number of carbonyl (C=O) groups excluding carboxylic acids is 2. The number of halogens is 1. The Morgan fingerprint density at radius 2 is 1.57 bits per heavy atom. The first-order valence-corrected chi connectivity index (χ1v) is 10.3. The van der Waals surface area contributed by atoms with Crippen LogP contribution >= 0.6 is 11.6 Å². The fraction of sp³-hybridized carbons (Fsp3) is 0.440. The molecule has 0 unspecified atom stereocenters. The zero-order chi connectivity index (χ0) is 20.9. The molecule has 0 N–H and O–H groups in total. The van der Waals surface area contributed by atoms with E-state index in [2.05, 4.69) is 19.1 Å². The van der Waals surface area contributed by atoms with Crippen LogP contribution in [0.2, 0.25) is 5.02 Å². The summed E-state index contributed by atoms with van der Waals surface area (Å²) in [6, 6.07) is 12.0. The van der Waals surface area contributed by atoms with Gasteiger partial charge in [0.25, 0.3) is 0 Å². The van der Waals surface area contributed by atoms with Crippen molar-refractivity contribution < 1.29 is 9.59 Å². The van der Waals surface area contributed by atoms with Gasteiger partial charge < -0.3 is 0 Å². The Labute approximate surface area is 173 Å². The summed E-state index contributed by atoms with van der Waals surface area (Å²) in [5.41, 5.74) is 4.06. The van der Waals surface area contributed by atoms with Crippen LogP contribution in [0.4, 0.5) is 0 Å². The van der Waals surface area contributed by atoms with E-state index in [4.69, 9.17) is 11.6 Å². The van der Waals surface area contributed by atoms with Crippen molar-refractivity contribution in [2.24, 2.45) is 10.8 Å². The van der Waals surface area contributed by atoms with Crippen molar-refractivity contribution in [3.05, 3.63) is 58.1 Å². The third-order valence-electron chi connectivity index (χ3n) is 6.08. The highest BCUT2D eigenvalue weighted by atomic mass is 35.5. The molecule has 0 radical (unpaired) electrons. The maximum absolute atomic E-state index is 13.3. The van der Waals surface area contributed by atoms with Gasteiger partial charge in [0.1, 0.15) is 5.92 Å². The van der Waals surface area contributed by atoms with Crippen LogP contribution in [0.3, 0.4) is 0 Å². The van der Waals surface area contributed by atoms with Gasteiger partial charge in [-0.15, -0.1) is 0 Å². The Kier molecular flexibility index (Phi) is 5.31. The quantitative estimate of drug-likeness (QED) is 0.551. The molecule has 0 spiro atoms. The maximum Gasteiger partial charge on any atom is 0.153 e. The summed E-state index contributed by atoms with van der Waals surface area (Å²) < 4.78 is 0. The van der Waals surface area contributed by atoms with Gasteiger partial charge in [-0.05, 0) is 65.8 Å². The van der Waals surface area contributed by atoms with Crippen molar-refractivity contribution in [2.75, 3.05) is 0 Å².